The first-order valence-electron chi connectivity index (χ1n) is 8.26. The lowest BCUT2D eigenvalue weighted by atomic mass is 9.72. The van der Waals surface area contributed by atoms with E-state index in [0.717, 1.165) is 32.2 Å². The maximum atomic E-state index is 12.1. The minimum Gasteiger partial charge on any atom is -0.355 e. The van der Waals surface area contributed by atoms with Crippen LogP contribution in [0.2, 0.25) is 0 Å². The molecule has 1 fully saturated rings. The van der Waals surface area contributed by atoms with Crippen molar-refractivity contribution in [1.82, 2.24) is 14.9 Å². The number of benzene rings is 1. The minimum atomic E-state index is -3.25. The second-order valence-corrected chi connectivity index (χ2v) is 8.48. The minimum absolute atomic E-state index is 0.0479. The Hall–Kier alpha value is -1.44. The van der Waals surface area contributed by atoms with Crippen LogP contribution in [0.4, 0.5) is 0 Å². The quantitative estimate of drug-likeness (QED) is 0.757. The van der Waals surface area contributed by atoms with Crippen LogP contribution in [-0.2, 0) is 20.2 Å². The predicted molar refractivity (Wildman–Crippen MR) is 95.3 cm³/mol. The fourth-order valence-electron chi connectivity index (χ4n) is 3.11. The summed E-state index contributed by atoms with van der Waals surface area (Å²) < 4.78 is 24.4. The highest BCUT2D eigenvalue weighted by atomic mass is 32.2. The third-order valence-corrected chi connectivity index (χ3v) is 5.40. The summed E-state index contributed by atoms with van der Waals surface area (Å²) in [6, 6.07) is 10.3. The highest BCUT2D eigenvalue weighted by Crippen LogP contribution is 2.34. The van der Waals surface area contributed by atoms with Crippen molar-refractivity contribution in [3.8, 4) is 0 Å². The number of sulfonamides is 1. The first-order chi connectivity index (χ1) is 11.3. The molecule has 1 aromatic carbocycles. The van der Waals surface area contributed by atoms with Crippen molar-refractivity contribution < 1.29 is 13.2 Å². The van der Waals surface area contributed by atoms with Crippen LogP contribution in [0.15, 0.2) is 30.3 Å². The van der Waals surface area contributed by atoms with Gasteiger partial charge in [0.1, 0.15) is 0 Å². The molecule has 0 atom stereocenters. The van der Waals surface area contributed by atoms with E-state index in [2.05, 4.69) is 34.1 Å². The summed E-state index contributed by atoms with van der Waals surface area (Å²) in [5, 5.41) is 3.00. The Morgan fingerprint density at radius 1 is 1.21 bits per heavy atom. The molecule has 1 heterocycles. The van der Waals surface area contributed by atoms with Crippen molar-refractivity contribution in [2.45, 2.75) is 24.7 Å². The van der Waals surface area contributed by atoms with Gasteiger partial charge in [0.15, 0.2) is 0 Å². The normalized spacial score (nSPS) is 18.2. The molecule has 1 aliphatic rings. The van der Waals surface area contributed by atoms with E-state index in [-0.39, 0.29) is 24.3 Å². The Kier molecular flexibility index (Phi) is 6.37. The van der Waals surface area contributed by atoms with Crippen LogP contribution < -0.4 is 10.0 Å². The summed E-state index contributed by atoms with van der Waals surface area (Å²) in [5.74, 6) is -0.125. The van der Waals surface area contributed by atoms with E-state index < -0.39 is 10.0 Å². The number of nitrogens with zero attached hydrogens (tertiary/aromatic N) is 1. The van der Waals surface area contributed by atoms with Crippen LogP contribution in [0.25, 0.3) is 0 Å². The summed E-state index contributed by atoms with van der Waals surface area (Å²) in [4.78, 5) is 14.4. The molecular formula is C17H27N3O3S. The van der Waals surface area contributed by atoms with Gasteiger partial charge in [0.05, 0.1) is 6.26 Å². The molecule has 134 valence electrons. The molecule has 2 N–H and O–H groups in total. The van der Waals surface area contributed by atoms with Crippen LogP contribution in [0.5, 0.6) is 0 Å². The van der Waals surface area contributed by atoms with Gasteiger partial charge in [-0.15, -0.1) is 0 Å². The number of hydrogen-bond acceptors (Lipinski definition) is 4. The molecule has 0 spiro atoms. The molecular weight excluding hydrogens is 326 g/mol. The summed E-state index contributed by atoms with van der Waals surface area (Å²) in [6.45, 7) is 2.72. The number of likely N-dealkylation sites (tertiary alicyclic amines) is 1. The molecule has 1 aliphatic heterocycles. The Balaban J connectivity index is 1.96. The smallest absolute Gasteiger partial charge is 0.221 e. The molecule has 0 radical (unpaired) electrons. The highest BCUT2D eigenvalue weighted by molar-refractivity contribution is 7.88. The van der Waals surface area contributed by atoms with Gasteiger partial charge in [-0.2, -0.15) is 0 Å². The number of hydrogen-bond donors (Lipinski definition) is 2. The van der Waals surface area contributed by atoms with Gasteiger partial charge in [-0.05, 0) is 38.5 Å². The van der Waals surface area contributed by atoms with Gasteiger partial charge >= 0.3 is 0 Å². The van der Waals surface area contributed by atoms with Gasteiger partial charge in [0, 0.05) is 24.9 Å². The second-order valence-electron chi connectivity index (χ2n) is 6.64. The number of piperidine rings is 1. The van der Waals surface area contributed by atoms with Gasteiger partial charge in [0.25, 0.3) is 0 Å². The predicted octanol–water partition coefficient (Wildman–Crippen LogP) is 0.706. The summed E-state index contributed by atoms with van der Waals surface area (Å²) in [6.07, 6.45) is 3.23. The molecule has 1 aromatic rings. The van der Waals surface area contributed by atoms with Crippen LogP contribution in [0.1, 0.15) is 24.8 Å². The molecule has 7 heteroatoms. The largest absolute Gasteiger partial charge is 0.355 e. The lowest BCUT2D eigenvalue weighted by Crippen LogP contribution is -2.48. The van der Waals surface area contributed by atoms with Crippen molar-refractivity contribution in [3.05, 3.63) is 35.9 Å². The molecule has 0 unspecified atom stereocenters. The molecule has 1 amide bonds. The van der Waals surface area contributed by atoms with Crippen molar-refractivity contribution in [1.29, 1.82) is 0 Å². The third-order valence-electron chi connectivity index (χ3n) is 4.67. The van der Waals surface area contributed by atoms with Gasteiger partial charge in [-0.1, -0.05) is 30.3 Å². The first-order valence-corrected chi connectivity index (χ1v) is 10.2. The Bertz CT molecular complexity index is 638. The molecule has 0 saturated carbocycles. The fraction of sp³-hybridized carbons (Fsp3) is 0.588. The van der Waals surface area contributed by atoms with E-state index in [1.807, 2.05) is 18.2 Å². The first kappa shape index (κ1) is 18.9. The van der Waals surface area contributed by atoms with Gasteiger partial charge < -0.3 is 10.2 Å². The zero-order chi connectivity index (χ0) is 17.6. The molecule has 2 rings (SSSR count). The SMILES string of the molecule is CN1CCC(CNC(=O)CCNS(C)(=O)=O)(c2ccccc2)CC1. The standard InChI is InChI=1S/C17H27N3O3S/c1-20-12-9-17(10-13-20,15-6-4-3-5-7-15)14-18-16(21)8-11-19-24(2,22)23/h3-7,19H,8-14H2,1-2H3,(H,18,21). The maximum absolute atomic E-state index is 12.1. The van der Waals surface area contributed by atoms with E-state index in [4.69, 9.17) is 0 Å². The van der Waals surface area contributed by atoms with E-state index in [1.54, 1.807) is 0 Å². The Morgan fingerprint density at radius 3 is 2.42 bits per heavy atom. The lowest BCUT2D eigenvalue weighted by Gasteiger charge is -2.41. The monoisotopic (exact) mass is 353 g/mol. The zero-order valence-corrected chi connectivity index (χ0v) is 15.2. The van der Waals surface area contributed by atoms with Gasteiger partial charge in [-0.3, -0.25) is 4.79 Å². The van der Waals surface area contributed by atoms with Crippen LogP contribution in [0, 0.1) is 0 Å². The summed E-state index contributed by atoms with van der Waals surface area (Å²) in [7, 11) is -1.14. The lowest BCUT2D eigenvalue weighted by molar-refractivity contribution is -0.121. The average Bonchev–Trinajstić information content (AvgIpc) is 2.54. The topological polar surface area (TPSA) is 78.5 Å². The third kappa shape index (κ3) is 5.58. The van der Waals surface area contributed by atoms with E-state index in [9.17, 15) is 13.2 Å². The molecule has 0 bridgehead atoms. The van der Waals surface area contributed by atoms with Gasteiger partial charge in [-0.25, -0.2) is 13.1 Å². The molecule has 6 nitrogen and oxygen atoms in total. The molecule has 1 saturated heterocycles. The summed E-state index contributed by atoms with van der Waals surface area (Å²) >= 11 is 0. The van der Waals surface area contributed by atoms with Crippen molar-refractivity contribution in [2.24, 2.45) is 0 Å². The van der Waals surface area contributed by atoms with Crippen LogP contribution >= 0.6 is 0 Å². The number of carbonyl (C=O) groups excluding carboxylic acids is 1. The van der Waals surface area contributed by atoms with E-state index >= 15 is 0 Å². The maximum Gasteiger partial charge on any atom is 0.221 e. The molecule has 0 aliphatic carbocycles. The Morgan fingerprint density at radius 2 is 1.83 bits per heavy atom. The van der Waals surface area contributed by atoms with Crippen LogP contribution in [-0.4, -0.2) is 58.7 Å². The summed E-state index contributed by atoms with van der Waals surface area (Å²) in [5.41, 5.74) is 1.21. The number of nitrogens with one attached hydrogen (secondary N) is 2. The van der Waals surface area contributed by atoms with E-state index in [1.165, 1.54) is 5.56 Å². The zero-order valence-electron chi connectivity index (χ0n) is 14.4. The Labute approximate surface area is 144 Å². The second kappa shape index (κ2) is 8.09. The van der Waals surface area contributed by atoms with Crippen molar-refractivity contribution >= 4 is 15.9 Å². The van der Waals surface area contributed by atoms with Crippen LogP contribution in [0.3, 0.4) is 0 Å². The molecule has 24 heavy (non-hydrogen) atoms. The molecule has 0 aromatic heterocycles. The number of rotatable bonds is 7. The number of carbonyl (C=O) groups is 1. The van der Waals surface area contributed by atoms with Crippen molar-refractivity contribution in [3.63, 3.8) is 0 Å². The highest BCUT2D eigenvalue weighted by Gasteiger charge is 2.35. The fourth-order valence-corrected chi connectivity index (χ4v) is 3.58. The number of amides is 1. The van der Waals surface area contributed by atoms with Gasteiger partial charge in [0.2, 0.25) is 15.9 Å². The average molecular weight is 353 g/mol. The van der Waals surface area contributed by atoms with Crippen molar-refractivity contribution in [2.75, 3.05) is 39.5 Å². The van der Waals surface area contributed by atoms with E-state index in [0.29, 0.717) is 6.54 Å².